The van der Waals surface area contributed by atoms with Gasteiger partial charge in [-0.05, 0) is 36.0 Å². The Bertz CT molecular complexity index is 779. The van der Waals surface area contributed by atoms with Crippen LogP contribution in [0.25, 0.3) is 0 Å². The third kappa shape index (κ3) is 3.11. The van der Waals surface area contributed by atoms with Crippen LogP contribution in [0.4, 0.5) is 0 Å². The summed E-state index contributed by atoms with van der Waals surface area (Å²) in [5, 5.41) is 0. The van der Waals surface area contributed by atoms with Gasteiger partial charge in [0.1, 0.15) is 11.6 Å². The highest BCUT2D eigenvalue weighted by molar-refractivity contribution is 5.93. The van der Waals surface area contributed by atoms with Gasteiger partial charge in [-0.25, -0.2) is 4.98 Å². The Hall–Kier alpha value is -2.30. The molecule has 0 bridgehead atoms. The van der Waals surface area contributed by atoms with Crippen LogP contribution in [0.3, 0.4) is 0 Å². The molecule has 1 fully saturated rings. The number of aryl methyl sites for hydroxylation is 2. The second-order valence-corrected chi connectivity index (χ2v) is 7.98. The number of hydrogen-bond acceptors (Lipinski definition) is 3. The molecule has 5 nitrogen and oxygen atoms in total. The molecule has 0 radical (unpaired) electrons. The maximum Gasteiger partial charge on any atom is 0.233 e. The highest BCUT2D eigenvalue weighted by Crippen LogP contribution is 2.65. The number of hydrogen-bond donors (Lipinski definition) is 0. The van der Waals surface area contributed by atoms with E-state index >= 15 is 0 Å². The lowest BCUT2D eigenvalue weighted by atomic mass is 9.86. The molecule has 5 heteroatoms. The van der Waals surface area contributed by atoms with Crippen LogP contribution in [-0.4, -0.2) is 41.1 Å². The SMILES string of the molecule is COc1ccc([C@@]2(C(=O)N(C)CCCc3nccn3C)CC2(C)C)cc1. The molecule has 3 rings (SSSR count). The summed E-state index contributed by atoms with van der Waals surface area (Å²) in [6, 6.07) is 7.96. The fraction of sp³-hybridized carbons (Fsp3) is 0.524. The molecule has 0 N–H and O–H groups in total. The number of likely N-dealkylation sites (N-methyl/N-ethyl adjacent to an activating group) is 1. The van der Waals surface area contributed by atoms with Gasteiger partial charge in [-0.1, -0.05) is 26.0 Å². The molecular formula is C21H29N3O2. The van der Waals surface area contributed by atoms with Crippen molar-refractivity contribution in [1.29, 1.82) is 0 Å². The number of ether oxygens (including phenoxy) is 1. The van der Waals surface area contributed by atoms with Crippen molar-refractivity contribution in [3.63, 3.8) is 0 Å². The summed E-state index contributed by atoms with van der Waals surface area (Å²) in [5.74, 6) is 2.09. The van der Waals surface area contributed by atoms with Crippen LogP contribution in [0.15, 0.2) is 36.7 Å². The van der Waals surface area contributed by atoms with E-state index < -0.39 is 5.41 Å². The molecule has 0 unspecified atom stereocenters. The van der Waals surface area contributed by atoms with Crippen molar-refractivity contribution in [3.05, 3.63) is 48.0 Å². The second-order valence-electron chi connectivity index (χ2n) is 7.98. The molecule has 1 atom stereocenters. The van der Waals surface area contributed by atoms with Gasteiger partial charge >= 0.3 is 0 Å². The molecule has 0 aliphatic heterocycles. The van der Waals surface area contributed by atoms with Crippen molar-refractivity contribution < 1.29 is 9.53 Å². The Kier molecular flexibility index (Phi) is 4.82. The van der Waals surface area contributed by atoms with E-state index in [1.54, 1.807) is 7.11 Å². The van der Waals surface area contributed by atoms with Gasteiger partial charge in [-0.2, -0.15) is 0 Å². The Morgan fingerprint density at radius 3 is 2.46 bits per heavy atom. The number of amides is 1. The molecule has 1 aliphatic rings. The van der Waals surface area contributed by atoms with Crippen LogP contribution in [0, 0.1) is 5.41 Å². The maximum atomic E-state index is 13.3. The van der Waals surface area contributed by atoms with Gasteiger partial charge < -0.3 is 14.2 Å². The summed E-state index contributed by atoms with van der Waals surface area (Å²) in [7, 11) is 5.58. The van der Waals surface area contributed by atoms with Crippen molar-refractivity contribution >= 4 is 5.91 Å². The summed E-state index contributed by atoms with van der Waals surface area (Å²) >= 11 is 0. The third-order valence-corrected chi connectivity index (χ3v) is 5.85. The van der Waals surface area contributed by atoms with E-state index in [0.717, 1.165) is 42.9 Å². The number of carbonyl (C=O) groups is 1. The van der Waals surface area contributed by atoms with E-state index in [-0.39, 0.29) is 11.3 Å². The molecule has 1 aromatic heterocycles. The first-order chi connectivity index (χ1) is 12.3. The van der Waals surface area contributed by atoms with Crippen LogP contribution in [0.2, 0.25) is 0 Å². The lowest BCUT2D eigenvalue weighted by Gasteiger charge is -2.27. The number of imidazole rings is 1. The number of benzene rings is 1. The van der Waals surface area contributed by atoms with Gasteiger partial charge in [0.2, 0.25) is 5.91 Å². The van der Waals surface area contributed by atoms with E-state index in [1.165, 1.54) is 0 Å². The lowest BCUT2D eigenvalue weighted by Crippen LogP contribution is -2.39. The first-order valence-corrected chi connectivity index (χ1v) is 9.18. The Morgan fingerprint density at radius 1 is 1.31 bits per heavy atom. The van der Waals surface area contributed by atoms with E-state index in [1.807, 2.05) is 60.2 Å². The molecule has 0 spiro atoms. The molecule has 1 heterocycles. The standard InChI is InChI=1S/C21H29N3O2/c1-20(2)15-21(20,16-8-10-17(26-5)11-9-16)19(25)24(4)13-6-7-18-22-12-14-23(18)3/h8-12,14H,6-7,13,15H2,1-5H3/t21-/m1/s1. The predicted molar refractivity (Wildman–Crippen MR) is 102 cm³/mol. The molecule has 1 aliphatic carbocycles. The predicted octanol–water partition coefficient (Wildman–Crippen LogP) is 3.19. The number of carbonyl (C=O) groups excluding carboxylic acids is 1. The summed E-state index contributed by atoms with van der Waals surface area (Å²) < 4.78 is 7.29. The molecule has 1 aromatic carbocycles. The average molecular weight is 355 g/mol. The topological polar surface area (TPSA) is 47.4 Å². The highest BCUT2D eigenvalue weighted by Gasteiger charge is 2.67. The van der Waals surface area contributed by atoms with Gasteiger partial charge in [0, 0.05) is 39.5 Å². The zero-order valence-corrected chi connectivity index (χ0v) is 16.5. The molecule has 2 aromatic rings. The summed E-state index contributed by atoms with van der Waals surface area (Å²) in [6.07, 6.45) is 6.44. The number of rotatable bonds is 7. The monoisotopic (exact) mass is 355 g/mol. The van der Waals surface area contributed by atoms with Crippen LogP contribution < -0.4 is 4.74 Å². The number of nitrogens with zero attached hydrogens (tertiary/aromatic N) is 3. The Morgan fingerprint density at radius 2 is 1.96 bits per heavy atom. The first-order valence-electron chi connectivity index (χ1n) is 9.18. The van der Waals surface area contributed by atoms with Crippen LogP contribution in [-0.2, 0) is 23.7 Å². The van der Waals surface area contributed by atoms with E-state index in [2.05, 4.69) is 18.8 Å². The summed E-state index contributed by atoms with van der Waals surface area (Å²) in [6.45, 7) is 5.09. The normalized spacial score (nSPS) is 20.7. The fourth-order valence-corrected chi connectivity index (χ4v) is 4.01. The van der Waals surface area contributed by atoms with E-state index in [0.29, 0.717) is 0 Å². The van der Waals surface area contributed by atoms with Crippen molar-refractivity contribution in [2.75, 3.05) is 20.7 Å². The van der Waals surface area contributed by atoms with Crippen LogP contribution >= 0.6 is 0 Å². The minimum absolute atomic E-state index is 0.0212. The first kappa shape index (κ1) is 18.5. The zero-order chi connectivity index (χ0) is 18.9. The zero-order valence-electron chi connectivity index (χ0n) is 16.5. The average Bonchev–Trinajstić information content (AvgIpc) is 2.99. The minimum Gasteiger partial charge on any atom is -0.497 e. The van der Waals surface area contributed by atoms with Crippen LogP contribution in [0.1, 0.15) is 38.1 Å². The maximum absolute atomic E-state index is 13.3. The summed E-state index contributed by atoms with van der Waals surface area (Å²) in [5.41, 5.74) is 0.647. The molecule has 1 saturated carbocycles. The molecule has 140 valence electrons. The van der Waals surface area contributed by atoms with E-state index in [9.17, 15) is 4.79 Å². The third-order valence-electron chi connectivity index (χ3n) is 5.85. The minimum atomic E-state index is -0.419. The molecule has 26 heavy (non-hydrogen) atoms. The summed E-state index contributed by atoms with van der Waals surface area (Å²) in [4.78, 5) is 19.6. The largest absolute Gasteiger partial charge is 0.497 e. The molecular weight excluding hydrogens is 326 g/mol. The highest BCUT2D eigenvalue weighted by atomic mass is 16.5. The van der Waals surface area contributed by atoms with Crippen molar-refractivity contribution in [2.45, 2.75) is 38.5 Å². The van der Waals surface area contributed by atoms with Gasteiger partial charge in [0.05, 0.1) is 12.5 Å². The van der Waals surface area contributed by atoms with Crippen molar-refractivity contribution in [3.8, 4) is 5.75 Å². The fourth-order valence-electron chi connectivity index (χ4n) is 4.01. The quantitative estimate of drug-likeness (QED) is 0.766. The van der Waals surface area contributed by atoms with E-state index in [4.69, 9.17) is 4.74 Å². The second kappa shape index (κ2) is 6.78. The van der Waals surface area contributed by atoms with Crippen molar-refractivity contribution in [1.82, 2.24) is 14.5 Å². The van der Waals surface area contributed by atoms with Gasteiger partial charge in [0.25, 0.3) is 0 Å². The van der Waals surface area contributed by atoms with Gasteiger partial charge in [-0.15, -0.1) is 0 Å². The molecule has 0 saturated heterocycles. The Labute approximate surface area is 156 Å². The number of aromatic nitrogens is 2. The lowest BCUT2D eigenvalue weighted by molar-refractivity contribution is -0.133. The van der Waals surface area contributed by atoms with Gasteiger partial charge in [-0.3, -0.25) is 4.79 Å². The van der Waals surface area contributed by atoms with Crippen LogP contribution in [0.5, 0.6) is 5.75 Å². The Balaban J connectivity index is 1.69. The van der Waals surface area contributed by atoms with Gasteiger partial charge in [0.15, 0.2) is 0 Å². The van der Waals surface area contributed by atoms with Crippen molar-refractivity contribution in [2.24, 2.45) is 12.5 Å². The molecule has 1 amide bonds. The smallest absolute Gasteiger partial charge is 0.233 e. The number of methoxy groups -OCH3 is 1.